The predicted octanol–water partition coefficient (Wildman–Crippen LogP) is 1.48. The maximum Gasteiger partial charge on any atom is 0.242 e. The molecule has 0 saturated heterocycles. The zero-order chi connectivity index (χ0) is 12.3. The minimum Gasteiger partial charge on any atom is -0.395 e. The van der Waals surface area contributed by atoms with E-state index in [0.717, 1.165) is 6.07 Å². The Morgan fingerprint density at radius 3 is 2.69 bits per heavy atom. The Morgan fingerprint density at radius 2 is 2.12 bits per heavy atom. The van der Waals surface area contributed by atoms with Crippen molar-refractivity contribution in [2.45, 2.75) is 31.2 Å². The van der Waals surface area contributed by atoms with E-state index in [0.29, 0.717) is 6.42 Å². The molecule has 0 aliphatic heterocycles. The number of rotatable bonds is 4. The van der Waals surface area contributed by atoms with Gasteiger partial charge in [-0.25, -0.2) is 17.5 Å². The minimum absolute atomic E-state index is 0.215. The van der Waals surface area contributed by atoms with E-state index >= 15 is 0 Å². The maximum atomic E-state index is 13.1. The Labute approximate surface area is 94.7 Å². The highest BCUT2D eigenvalue weighted by atomic mass is 32.2. The first-order valence-electron chi connectivity index (χ1n) is 4.94. The summed E-state index contributed by atoms with van der Waals surface area (Å²) in [5.74, 6) is -0.730. The van der Waals surface area contributed by atoms with Crippen molar-refractivity contribution in [3.05, 3.63) is 24.0 Å². The van der Waals surface area contributed by atoms with Crippen molar-refractivity contribution in [1.29, 1.82) is 0 Å². The van der Waals surface area contributed by atoms with Crippen molar-refractivity contribution in [3.8, 4) is 0 Å². The van der Waals surface area contributed by atoms with Gasteiger partial charge in [0.1, 0.15) is 10.7 Å². The molecule has 1 aromatic carbocycles. The van der Waals surface area contributed by atoms with E-state index in [2.05, 4.69) is 4.72 Å². The number of para-hydroxylation sites is 1. The summed E-state index contributed by atoms with van der Waals surface area (Å²) in [7, 11) is -3.74. The highest BCUT2D eigenvalue weighted by Gasteiger charge is 2.20. The van der Waals surface area contributed by atoms with Crippen LogP contribution in [-0.2, 0) is 10.0 Å². The molecule has 0 aromatic heterocycles. The number of sulfonamides is 1. The molecule has 0 aliphatic carbocycles. The lowest BCUT2D eigenvalue weighted by atomic mass is 10.3. The summed E-state index contributed by atoms with van der Waals surface area (Å²) in [6, 6.07) is 3.50. The zero-order valence-corrected chi connectivity index (χ0v) is 10.0. The van der Waals surface area contributed by atoms with Crippen LogP contribution in [0.4, 0.5) is 10.1 Å². The van der Waals surface area contributed by atoms with Crippen molar-refractivity contribution in [2.75, 3.05) is 5.73 Å². The van der Waals surface area contributed by atoms with E-state index in [-0.39, 0.29) is 16.6 Å². The number of benzene rings is 1. The van der Waals surface area contributed by atoms with Gasteiger partial charge in [-0.3, -0.25) is 0 Å². The van der Waals surface area contributed by atoms with Crippen LogP contribution in [-0.4, -0.2) is 14.5 Å². The third-order valence-corrected chi connectivity index (χ3v) is 3.92. The molecule has 0 amide bonds. The first-order valence-corrected chi connectivity index (χ1v) is 6.43. The molecule has 0 bridgehead atoms. The first kappa shape index (κ1) is 12.9. The Kier molecular flexibility index (Phi) is 3.88. The fraction of sp³-hybridized carbons (Fsp3) is 0.400. The van der Waals surface area contributed by atoms with Crippen molar-refractivity contribution < 1.29 is 12.8 Å². The normalized spacial score (nSPS) is 13.7. The van der Waals surface area contributed by atoms with Gasteiger partial charge < -0.3 is 5.73 Å². The molecule has 0 radical (unpaired) electrons. The Balaban J connectivity index is 3.13. The van der Waals surface area contributed by atoms with Crippen LogP contribution in [0.3, 0.4) is 0 Å². The Morgan fingerprint density at radius 1 is 1.50 bits per heavy atom. The van der Waals surface area contributed by atoms with E-state index in [1.54, 1.807) is 6.92 Å². The molecular weight excluding hydrogens is 231 g/mol. The minimum atomic E-state index is -3.74. The molecule has 1 atom stereocenters. The van der Waals surface area contributed by atoms with Crippen molar-refractivity contribution in [2.24, 2.45) is 0 Å². The van der Waals surface area contributed by atoms with Crippen molar-refractivity contribution >= 4 is 15.7 Å². The largest absolute Gasteiger partial charge is 0.395 e. The third kappa shape index (κ3) is 2.70. The highest BCUT2D eigenvalue weighted by molar-refractivity contribution is 7.89. The number of anilines is 1. The number of halogens is 1. The van der Waals surface area contributed by atoms with Crippen LogP contribution in [0.25, 0.3) is 0 Å². The van der Waals surface area contributed by atoms with Gasteiger partial charge in [0.25, 0.3) is 0 Å². The molecule has 0 fully saturated rings. The lowest BCUT2D eigenvalue weighted by molar-refractivity contribution is 0.554. The van der Waals surface area contributed by atoms with Crippen LogP contribution in [0.2, 0.25) is 0 Å². The molecule has 0 aliphatic rings. The van der Waals surface area contributed by atoms with Gasteiger partial charge in [0.05, 0.1) is 5.69 Å². The second-order valence-corrected chi connectivity index (χ2v) is 5.26. The van der Waals surface area contributed by atoms with Crippen LogP contribution in [0, 0.1) is 5.82 Å². The average Bonchev–Trinajstić information content (AvgIpc) is 2.21. The average molecular weight is 246 g/mol. The van der Waals surface area contributed by atoms with Gasteiger partial charge in [-0.1, -0.05) is 13.0 Å². The van der Waals surface area contributed by atoms with Gasteiger partial charge in [0.15, 0.2) is 0 Å². The molecule has 0 heterocycles. The summed E-state index contributed by atoms with van der Waals surface area (Å²) in [6.07, 6.45) is 0.647. The second-order valence-electron chi connectivity index (χ2n) is 3.58. The molecule has 4 nitrogen and oxygen atoms in total. The van der Waals surface area contributed by atoms with Gasteiger partial charge in [-0.15, -0.1) is 0 Å². The maximum absolute atomic E-state index is 13.1. The van der Waals surface area contributed by atoms with Crippen molar-refractivity contribution in [3.63, 3.8) is 0 Å². The van der Waals surface area contributed by atoms with E-state index in [9.17, 15) is 12.8 Å². The molecule has 3 N–H and O–H groups in total. The smallest absolute Gasteiger partial charge is 0.242 e. The van der Waals surface area contributed by atoms with E-state index in [1.165, 1.54) is 12.1 Å². The number of nitrogens with one attached hydrogen (secondary N) is 1. The van der Waals surface area contributed by atoms with Gasteiger partial charge in [-0.2, -0.15) is 0 Å². The quantitative estimate of drug-likeness (QED) is 0.790. The molecule has 0 saturated carbocycles. The van der Waals surface area contributed by atoms with E-state index in [1.807, 2.05) is 6.92 Å². The second kappa shape index (κ2) is 4.80. The summed E-state index contributed by atoms with van der Waals surface area (Å²) >= 11 is 0. The van der Waals surface area contributed by atoms with Crippen LogP contribution in [0.15, 0.2) is 23.1 Å². The molecule has 0 spiro atoms. The Bertz CT molecular complexity index is 474. The predicted molar refractivity (Wildman–Crippen MR) is 60.9 cm³/mol. The molecule has 1 unspecified atom stereocenters. The monoisotopic (exact) mass is 246 g/mol. The highest BCUT2D eigenvalue weighted by Crippen LogP contribution is 2.21. The van der Waals surface area contributed by atoms with Crippen LogP contribution >= 0.6 is 0 Å². The van der Waals surface area contributed by atoms with Crippen molar-refractivity contribution in [1.82, 2.24) is 4.72 Å². The topological polar surface area (TPSA) is 72.2 Å². The molecule has 16 heavy (non-hydrogen) atoms. The van der Waals surface area contributed by atoms with Crippen LogP contribution in [0.1, 0.15) is 20.3 Å². The zero-order valence-electron chi connectivity index (χ0n) is 9.20. The van der Waals surface area contributed by atoms with Gasteiger partial charge in [0.2, 0.25) is 10.0 Å². The van der Waals surface area contributed by atoms with Gasteiger partial charge in [0, 0.05) is 6.04 Å². The third-order valence-electron chi connectivity index (χ3n) is 2.27. The molecule has 90 valence electrons. The number of hydrogen-bond donors (Lipinski definition) is 2. The molecule has 6 heteroatoms. The summed E-state index contributed by atoms with van der Waals surface area (Å²) in [4.78, 5) is -0.215. The fourth-order valence-corrected chi connectivity index (χ4v) is 2.63. The van der Waals surface area contributed by atoms with Crippen LogP contribution < -0.4 is 10.5 Å². The molecular formula is C10H15FN2O2S. The lowest BCUT2D eigenvalue weighted by Gasteiger charge is -2.13. The SMILES string of the molecule is CCC(C)NS(=O)(=O)c1cccc(F)c1N. The standard InChI is InChI=1S/C10H15FN2O2S/c1-3-7(2)13-16(14,15)9-6-4-5-8(11)10(9)12/h4-7,13H,3,12H2,1-2H3. The van der Waals surface area contributed by atoms with E-state index in [4.69, 9.17) is 5.73 Å². The summed E-state index contributed by atoms with van der Waals surface area (Å²) in [6.45, 7) is 3.58. The number of hydrogen-bond acceptors (Lipinski definition) is 3. The number of nitrogen functional groups attached to an aromatic ring is 1. The molecule has 1 rings (SSSR count). The number of nitrogens with two attached hydrogens (primary N) is 1. The summed E-state index contributed by atoms with van der Waals surface area (Å²) in [5.41, 5.74) is 5.04. The van der Waals surface area contributed by atoms with Gasteiger partial charge >= 0.3 is 0 Å². The van der Waals surface area contributed by atoms with E-state index < -0.39 is 15.8 Å². The first-order chi connectivity index (χ1) is 7.38. The van der Waals surface area contributed by atoms with Gasteiger partial charge in [-0.05, 0) is 25.5 Å². The summed E-state index contributed by atoms with van der Waals surface area (Å²) in [5, 5.41) is 0. The summed E-state index contributed by atoms with van der Waals surface area (Å²) < 4.78 is 39.2. The molecule has 1 aromatic rings. The fourth-order valence-electron chi connectivity index (χ4n) is 1.16. The Hall–Kier alpha value is -1.14. The lowest BCUT2D eigenvalue weighted by Crippen LogP contribution is -2.32. The van der Waals surface area contributed by atoms with Crippen LogP contribution in [0.5, 0.6) is 0 Å².